The molecule has 2 rings (SSSR count). The molecular weight excluding hydrogens is 224 g/mol. The molecule has 2 N–H and O–H groups in total. The SMILES string of the molecule is CC1CC1CN(C)C(=O)c1ccccc1CCN. The van der Waals surface area contributed by atoms with Crippen LogP contribution >= 0.6 is 0 Å². The Kier molecular flexibility index (Phi) is 4.02. The quantitative estimate of drug-likeness (QED) is 0.862. The molecule has 1 aliphatic carbocycles. The molecule has 2 unspecified atom stereocenters. The van der Waals surface area contributed by atoms with Gasteiger partial charge in [0.1, 0.15) is 0 Å². The van der Waals surface area contributed by atoms with E-state index in [2.05, 4.69) is 6.92 Å². The van der Waals surface area contributed by atoms with E-state index >= 15 is 0 Å². The first-order chi connectivity index (χ1) is 8.63. The van der Waals surface area contributed by atoms with Gasteiger partial charge in [-0.1, -0.05) is 25.1 Å². The maximum absolute atomic E-state index is 12.4. The first kappa shape index (κ1) is 13.1. The second-order valence-corrected chi connectivity index (χ2v) is 5.35. The Hall–Kier alpha value is -1.35. The van der Waals surface area contributed by atoms with Crippen LogP contribution in [0.25, 0.3) is 0 Å². The molecule has 98 valence electrons. The Morgan fingerprint density at radius 1 is 1.44 bits per heavy atom. The molecule has 3 nitrogen and oxygen atoms in total. The maximum atomic E-state index is 12.4. The number of benzene rings is 1. The summed E-state index contributed by atoms with van der Waals surface area (Å²) in [5, 5.41) is 0. The Morgan fingerprint density at radius 2 is 2.11 bits per heavy atom. The second kappa shape index (κ2) is 5.53. The average molecular weight is 246 g/mol. The highest BCUT2D eigenvalue weighted by molar-refractivity contribution is 5.95. The molecule has 0 aromatic heterocycles. The van der Waals surface area contributed by atoms with E-state index < -0.39 is 0 Å². The van der Waals surface area contributed by atoms with Gasteiger partial charge >= 0.3 is 0 Å². The molecule has 0 aliphatic heterocycles. The number of carbonyl (C=O) groups excluding carboxylic acids is 1. The van der Waals surface area contributed by atoms with Gasteiger partial charge in [0, 0.05) is 19.2 Å². The number of hydrogen-bond acceptors (Lipinski definition) is 2. The van der Waals surface area contributed by atoms with E-state index in [-0.39, 0.29) is 5.91 Å². The molecule has 1 aromatic carbocycles. The molecule has 1 saturated carbocycles. The fraction of sp³-hybridized carbons (Fsp3) is 0.533. The Bertz CT molecular complexity index is 430. The summed E-state index contributed by atoms with van der Waals surface area (Å²) in [7, 11) is 1.90. The zero-order valence-corrected chi connectivity index (χ0v) is 11.2. The monoisotopic (exact) mass is 246 g/mol. The van der Waals surface area contributed by atoms with Crippen LogP contribution in [0.3, 0.4) is 0 Å². The lowest BCUT2D eigenvalue weighted by molar-refractivity contribution is 0.0786. The third-order valence-corrected chi connectivity index (χ3v) is 3.79. The van der Waals surface area contributed by atoms with Gasteiger partial charge in [-0.2, -0.15) is 0 Å². The summed E-state index contributed by atoms with van der Waals surface area (Å²) in [4.78, 5) is 14.2. The summed E-state index contributed by atoms with van der Waals surface area (Å²) in [6.07, 6.45) is 2.01. The minimum Gasteiger partial charge on any atom is -0.341 e. The summed E-state index contributed by atoms with van der Waals surface area (Å²) in [6.45, 7) is 3.69. The normalized spacial score (nSPS) is 21.7. The van der Waals surface area contributed by atoms with Crippen LogP contribution in [-0.4, -0.2) is 30.9 Å². The fourth-order valence-electron chi connectivity index (χ4n) is 2.40. The molecule has 18 heavy (non-hydrogen) atoms. The van der Waals surface area contributed by atoms with Crippen LogP contribution in [0.15, 0.2) is 24.3 Å². The van der Waals surface area contributed by atoms with Gasteiger partial charge in [0.25, 0.3) is 5.91 Å². The van der Waals surface area contributed by atoms with Crippen molar-refractivity contribution in [3.8, 4) is 0 Å². The molecule has 1 aromatic rings. The predicted molar refractivity (Wildman–Crippen MR) is 73.4 cm³/mol. The summed E-state index contributed by atoms with van der Waals surface area (Å²) in [6, 6.07) is 7.78. The number of hydrogen-bond donors (Lipinski definition) is 1. The van der Waals surface area contributed by atoms with E-state index in [1.54, 1.807) is 0 Å². The van der Waals surface area contributed by atoms with Gasteiger partial charge in [0.15, 0.2) is 0 Å². The molecule has 0 bridgehead atoms. The van der Waals surface area contributed by atoms with Crippen molar-refractivity contribution in [2.45, 2.75) is 19.8 Å². The van der Waals surface area contributed by atoms with Crippen molar-refractivity contribution in [1.82, 2.24) is 4.90 Å². The number of nitrogens with two attached hydrogens (primary N) is 1. The first-order valence-electron chi connectivity index (χ1n) is 6.67. The third-order valence-electron chi connectivity index (χ3n) is 3.79. The molecule has 0 saturated heterocycles. The summed E-state index contributed by atoms with van der Waals surface area (Å²) >= 11 is 0. The molecule has 1 aliphatic rings. The summed E-state index contributed by atoms with van der Waals surface area (Å²) < 4.78 is 0. The van der Waals surface area contributed by atoms with Gasteiger partial charge < -0.3 is 10.6 Å². The van der Waals surface area contributed by atoms with Crippen molar-refractivity contribution in [1.29, 1.82) is 0 Å². The van der Waals surface area contributed by atoms with E-state index in [1.807, 2.05) is 36.2 Å². The molecule has 3 heteroatoms. The zero-order chi connectivity index (χ0) is 13.1. The van der Waals surface area contributed by atoms with Crippen molar-refractivity contribution in [3.05, 3.63) is 35.4 Å². The van der Waals surface area contributed by atoms with E-state index in [0.29, 0.717) is 12.5 Å². The van der Waals surface area contributed by atoms with Gasteiger partial charge in [0.05, 0.1) is 0 Å². The second-order valence-electron chi connectivity index (χ2n) is 5.35. The molecule has 1 amide bonds. The minimum atomic E-state index is 0.123. The lowest BCUT2D eigenvalue weighted by Gasteiger charge is -2.19. The van der Waals surface area contributed by atoms with Crippen LogP contribution in [-0.2, 0) is 6.42 Å². The third kappa shape index (κ3) is 2.91. The topological polar surface area (TPSA) is 46.3 Å². The Balaban J connectivity index is 2.07. The van der Waals surface area contributed by atoms with Gasteiger partial charge in [-0.3, -0.25) is 4.79 Å². The highest BCUT2D eigenvalue weighted by Gasteiger charge is 2.34. The zero-order valence-electron chi connectivity index (χ0n) is 11.2. The van der Waals surface area contributed by atoms with Crippen LogP contribution in [0.1, 0.15) is 29.3 Å². The van der Waals surface area contributed by atoms with Crippen molar-refractivity contribution in [2.24, 2.45) is 17.6 Å². The molecule has 1 fully saturated rings. The lowest BCUT2D eigenvalue weighted by Crippen LogP contribution is -2.30. The molecule has 0 spiro atoms. The van der Waals surface area contributed by atoms with Crippen LogP contribution in [0, 0.1) is 11.8 Å². The molecule has 2 atom stereocenters. The van der Waals surface area contributed by atoms with Crippen molar-refractivity contribution < 1.29 is 4.79 Å². The highest BCUT2D eigenvalue weighted by Crippen LogP contribution is 2.38. The number of amides is 1. The minimum absolute atomic E-state index is 0.123. The van der Waals surface area contributed by atoms with E-state index in [0.717, 1.165) is 30.0 Å². The fourth-order valence-corrected chi connectivity index (χ4v) is 2.40. The maximum Gasteiger partial charge on any atom is 0.253 e. The average Bonchev–Trinajstić information content (AvgIpc) is 3.05. The van der Waals surface area contributed by atoms with Crippen LogP contribution in [0.2, 0.25) is 0 Å². The molecular formula is C15H22N2O. The van der Waals surface area contributed by atoms with Gasteiger partial charge in [-0.05, 0) is 42.9 Å². The van der Waals surface area contributed by atoms with Crippen LogP contribution < -0.4 is 5.73 Å². The predicted octanol–water partition coefficient (Wildman–Crippen LogP) is 1.92. The van der Waals surface area contributed by atoms with E-state index in [4.69, 9.17) is 5.73 Å². The standard InChI is InChI=1S/C15H22N2O/c1-11-9-13(11)10-17(2)15(18)14-6-4-3-5-12(14)7-8-16/h3-6,11,13H,7-10,16H2,1-2H3. The Labute approximate surface area is 109 Å². The van der Waals surface area contributed by atoms with Gasteiger partial charge in [-0.15, -0.1) is 0 Å². The van der Waals surface area contributed by atoms with Crippen molar-refractivity contribution >= 4 is 5.91 Å². The van der Waals surface area contributed by atoms with Crippen molar-refractivity contribution in [2.75, 3.05) is 20.1 Å². The first-order valence-corrected chi connectivity index (χ1v) is 6.67. The van der Waals surface area contributed by atoms with E-state index in [1.165, 1.54) is 6.42 Å². The largest absolute Gasteiger partial charge is 0.341 e. The Morgan fingerprint density at radius 3 is 2.72 bits per heavy atom. The van der Waals surface area contributed by atoms with E-state index in [9.17, 15) is 4.79 Å². The number of nitrogens with zero attached hydrogens (tertiary/aromatic N) is 1. The lowest BCUT2D eigenvalue weighted by atomic mass is 10.0. The number of carbonyl (C=O) groups is 1. The molecule has 0 heterocycles. The summed E-state index contributed by atoms with van der Waals surface area (Å²) in [5.74, 6) is 1.60. The molecule has 0 radical (unpaired) electrons. The van der Waals surface area contributed by atoms with Crippen LogP contribution in [0.4, 0.5) is 0 Å². The van der Waals surface area contributed by atoms with Crippen molar-refractivity contribution in [3.63, 3.8) is 0 Å². The summed E-state index contributed by atoms with van der Waals surface area (Å²) in [5.41, 5.74) is 7.45. The number of rotatable bonds is 5. The smallest absolute Gasteiger partial charge is 0.253 e. The van der Waals surface area contributed by atoms with Gasteiger partial charge in [-0.25, -0.2) is 0 Å². The van der Waals surface area contributed by atoms with Crippen LogP contribution in [0.5, 0.6) is 0 Å². The van der Waals surface area contributed by atoms with Gasteiger partial charge in [0.2, 0.25) is 0 Å². The highest BCUT2D eigenvalue weighted by atomic mass is 16.2.